The van der Waals surface area contributed by atoms with Crippen LogP contribution in [-0.4, -0.2) is 16.5 Å². The average Bonchev–Trinajstić information content (AvgIpc) is 2.82. The summed E-state index contributed by atoms with van der Waals surface area (Å²) in [5, 5.41) is 2.91. The normalized spacial score (nSPS) is 15.9. The van der Waals surface area contributed by atoms with Gasteiger partial charge in [-0.15, -0.1) is 0 Å². The third-order valence-electron chi connectivity index (χ3n) is 2.37. The van der Waals surface area contributed by atoms with Crippen LogP contribution in [0, 0.1) is 0 Å². The largest absolute Gasteiger partial charge is 0.349 e. The Morgan fingerprint density at radius 3 is 2.86 bits per heavy atom. The predicted molar refractivity (Wildman–Crippen MR) is 55.3 cm³/mol. The second-order valence-electron chi connectivity index (χ2n) is 4.16. The number of rotatable bonds is 3. The molecule has 1 N–H and O–H groups in total. The maximum Gasteiger partial charge on any atom is 0.268 e. The summed E-state index contributed by atoms with van der Waals surface area (Å²) >= 11 is 0. The second-order valence-corrected chi connectivity index (χ2v) is 4.16. The molecule has 1 aliphatic carbocycles. The van der Waals surface area contributed by atoms with E-state index in [9.17, 15) is 4.79 Å². The first kappa shape index (κ1) is 9.31. The Hall–Kier alpha value is -1.25. The van der Waals surface area contributed by atoms with E-state index in [4.69, 9.17) is 0 Å². The Balaban J connectivity index is 2.14. The van der Waals surface area contributed by atoms with Crippen LogP contribution in [0.25, 0.3) is 0 Å². The molecule has 1 aromatic heterocycles. The van der Waals surface area contributed by atoms with E-state index in [0.717, 1.165) is 5.69 Å². The molecule has 0 atom stereocenters. The molecular formula is C11H16N2O. The fourth-order valence-corrected chi connectivity index (χ4v) is 1.59. The molecule has 2 rings (SSSR count). The summed E-state index contributed by atoms with van der Waals surface area (Å²) in [6.45, 7) is 3.95. The van der Waals surface area contributed by atoms with Crippen molar-refractivity contribution in [1.82, 2.24) is 9.88 Å². The lowest BCUT2D eigenvalue weighted by molar-refractivity contribution is 0.0933. The van der Waals surface area contributed by atoms with Gasteiger partial charge in [0.2, 0.25) is 0 Å². The molecule has 76 valence electrons. The van der Waals surface area contributed by atoms with Crippen LogP contribution < -0.4 is 5.32 Å². The molecule has 0 aromatic carbocycles. The van der Waals surface area contributed by atoms with Gasteiger partial charge in [0.15, 0.2) is 0 Å². The number of hydrogen-bond acceptors (Lipinski definition) is 1. The van der Waals surface area contributed by atoms with Gasteiger partial charge in [0, 0.05) is 18.3 Å². The number of carbonyl (C=O) groups excluding carboxylic acids is 1. The van der Waals surface area contributed by atoms with Gasteiger partial charge in [0.1, 0.15) is 5.69 Å². The molecular weight excluding hydrogens is 176 g/mol. The fourth-order valence-electron chi connectivity index (χ4n) is 1.59. The van der Waals surface area contributed by atoms with Crippen molar-refractivity contribution in [2.75, 3.05) is 0 Å². The molecule has 3 nitrogen and oxygen atoms in total. The molecule has 0 aliphatic heterocycles. The highest BCUT2D eigenvalue weighted by atomic mass is 16.2. The van der Waals surface area contributed by atoms with Gasteiger partial charge in [-0.1, -0.05) is 0 Å². The summed E-state index contributed by atoms with van der Waals surface area (Å²) in [6.07, 6.45) is 4.40. The fraction of sp³-hybridized carbons (Fsp3) is 0.545. The van der Waals surface area contributed by atoms with E-state index in [1.807, 2.05) is 32.2 Å². The Labute approximate surface area is 84.1 Å². The highest BCUT2D eigenvalue weighted by Crippen LogP contribution is 2.35. The van der Waals surface area contributed by atoms with Crippen LogP contribution in [0.15, 0.2) is 18.3 Å². The van der Waals surface area contributed by atoms with Crippen molar-refractivity contribution in [1.29, 1.82) is 0 Å². The third kappa shape index (κ3) is 1.81. The molecule has 1 heterocycles. The van der Waals surface area contributed by atoms with Crippen molar-refractivity contribution in [3.8, 4) is 0 Å². The van der Waals surface area contributed by atoms with Crippen molar-refractivity contribution in [2.24, 2.45) is 0 Å². The first-order valence-electron chi connectivity index (χ1n) is 5.16. The number of amides is 1. The second kappa shape index (κ2) is 3.48. The monoisotopic (exact) mass is 192 g/mol. The highest BCUT2D eigenvalue weighted by Gasteiger charge is 2.26. The summed E-state index contributed by atoms with van der Waals surface area (Å²) in [4.78, 5) is 11.7. The zero-order chi connectivity index (χ0) is 10.1. The predicted octanol–water partition coefficient (Wildman–Crippen LogP) is 1.96. The molecule has 1 amide bonds. The maximum atomic E-state index is 11.7. The summed E-state index contributed by atoms with van der Waals surface area (Å²) < 4.78 is 2.08. The molecule has 3 heteroatoms. The Morgan fingerprint density at radius 2 is 2.29 bits per heavy atom. The topological polar surface area (TPSA) is 34.0 Å². The van der Waals surface area contributed by atoms with Crippen molar-refractivity contribution >= 4 is 5.91 Å². The zero-order valence-corrected chi connectivity index (χ0v) is 8.66. The number of nitrogens with one attached hydrogen (secondary N) is 1. The van der Waals surface area contributed by atoms with Gasteiger partial charge in [-0.05, 0) is 38.8 Å². The standard InChI is InChI=1S/C11H16N2O/c1-8(2)12-11(14)10-4-3-7-13(10)9-5-6-9/h3-4,7-9H,5-6H2,1-2H3,(H,12,14). The molecule has 0 spiro atoms. The summed E-state index contributed by atoms with van der Waals surface area (Å²) in [6, 6.07) is 4.59. The smallest absolute Gasteiger partial charge is 0.268 e. The molecule has 1 saturated carbocycles. The Kier molecular flexibility index (Phi) is 2.32. The van der Waals surface area contributed by atoms with Gasteiger partial charge in [-0.3, -0.25) is 4.79 Å². The minimum Gasteiger partial charge on any atom is -0.349 e. The van der Waals surface area contributed by atoms with E-state index in [2.05, 4.69) is 9.88 Å². The number of aromatic nitrogens is 1. The average molecular weight is 192 g/mol. The van der Waals surface area contributed by atoms with Gasteiger partial charge in [-0.2, -0.15) is 0 Å². The lowest BCUT2D eigenvalue weighted by atomic mass is 10.3. The number of nitrogens with zero attached hydrogens (tertiary/aromatic N) is 1. The lowest BCUT2D eigenvalue weighted by Gasteiger charge is -2.10. The van der Waals surface area contributed by atoms with Gasteiger partial charge in [0.05, 0.1) is 0 Å². The minimum atomic E-state index is 0.0388. The zero-order valence-electron chi connectivity index (χ0n) is 8.66. The third-order valence-corrected chi connectivity index (χ3v) is 2.37. The van der Waals surface area contributed by atoms with Crippen LogP contribution >= 0.6 is 0 Å². The first-order valence-corrected chi connectivity index (χ1v) is 5.16. The summed E-state index contributed by atoms with van der Waals surface area (Å²) in [5.41, 5.74) is 0.793. The van der Waals surface area contributed by atoms with E-state index in [1.54, 1.807) is 0 Å². The SMILES string of the molecule is CC(C)NC(=O)c1cccn1C1CC1. The van der Waals surface area contributed by atoms with Gasteiger partial charge in [0.25, 0.3) is 5.91 Å². The van der Waals surface area contributed by atoms with Crippen molar-refractivity contribution in [3.63, 3.8) is 0 Å². The molecule has 1 fully saturated rings. The van der Waals surface area contributed by atoms with Crippen LogP contribution in [0.3, 0.4) is 0 Å². The molecule has 1 aliphatic rings. The van der Waals surface area contributed by atoms with E-state index in [0.29, 0.717) is 6.04 Å². The van der Waals surface area contributed by atoms with Gasteiger partial charge >= 0.3 is 0 Å². The molecule has 0 radical (unpaired) electrons. The minimum absolute atomic E-state index is 0.0388. The van der Waals surface area contributed by atoms with Crippen LogP contribution in [0.5, 0.6) is 0 Å². The van der Waals surface area contributed by atoms with Crippen molar-refractivity contribution < 1.29 is 4.79 Å². The molecule has 14 heavy (non-hydrogen) atoms. The van der Waals surface area contributed by atoms with Crippen molar-refractivity contribution in [2.45, 2.75) is 38.8 Å². The quantitative estimate of drug-likeness (QED) is 0.780. The van der Waals surface area contributed by atoms with Gasteiger partial charge in [-0.25, -0.2) is 0 Å². The Morgan fingerprint density at radius 1 is 1.57 bits per heavy atom. The van der Waals surface area contributed by atoms with Gasteiger partial charge < -0.3 is 9.88 Å². The molecule has 0 unspecified atom stereocenters. The Bertz CT molecular complexity index is 337. The summed E-state index contributed by atoms with van der Waals surface area (Å²) in [5.74, 6) is 0.0388. The number of hydrogen-bond donors (Lipinski definition) is 1. The molecule has 1 aromatic rings. The highest BCUT2D eigenvalue weighted by molar-refractivity contribution is 5.93. The lowest BCUT2D eigenvalue weighted by Crippen LogP contribution is -2.31. The van der Waals surface area contributed by atoms with E-state index < -0.39 is 0 Å². The van der Waals surface area contributed by atoms with Crippen molar-refractivity contribution in [3.05, 3.63) is 24.0 Å². The first-order chi connectivity index (χ1) is 6.68. The van der Waals surface area contributed by atoms with Crippen LogP contribution in [0.4, 0.5) is 0 Å². The van der Waals surface area contributed by atoms with E-state index in [1.165, 1.54) is 12.8 Å². The van der Waals surface area contributed by atoms with Crippen LogP contribution in [-0.2, 0) is 0 Å². The van der Waals surface area contributed by atoms with E-state index >= 15 is 0 Å². The van der Waals surface area contributed by atoms with E-state index in [-0.39, 0.29) is 11.9 Å². The molecule has 0 bridgehead atoms. The van der Waals surface area contributed by atoms with Crippen LogP contribution in [0.2, 0.25) is 0 Å². The maximum absolute atomic E-state index is 11.7. The molecule has 0 saturated heterocycles. The van der Waals surface area contributed by atoms with Crippen LogP contribution in [0.1, 0.15) is 43.2 Å². The summed E-state index contributed by atoms with van der Waals surface area (Å²) in [7, 11) is 0. The number of carbonyl (C=O) groups is 1.